The highest BCUT2D eigenvalue weighted by Gasteiger charge is 2.21. The maximum Gasteiger partial charge on any atom is 0.128 e. The summed E-state index contributed by atoms with van der Waals surface area (Å²) < 4.78 is 0. The summed E-state index contributed by atoms with van der Waals surface area (Å²) in [5.41, 5.74) is 1.29. The van der Waals surface area contributed by atoms with E-state index in [4.69, 9.17) is 0 Å². The summed E-state index contributed by atoms with van der Waals surface area (Å²) in [7, 11) is 4.34. The lowest BCUT2D eigenvalue weighted by atomic mass is 10.0. The Balaban J connectivity index is 1.99. The lowest BCUT2D eigenvalue weighted by molar-refractivity contribution is 0.249. The number of nitrogens with zero attached hydrogens (tertiary/aromatic N) is 3. The van der Waals surface area contributed by atoms with E-state index < -0.39 is 0 Å². The van der Waals surface area contributed by atoms with Crippen molar-refractivity contribution < 1.29 is 0 Å². The quantitative estimate of drug-likeness (QED) is 0.757. The lowest BCUT2D eigenvalue weighted by Crippen LogP contribution is -2.42. The van der Waals surface area contributed by atoms with E-state index in [1.165, 1.54) is 18.4 Å². The minimum absolute atomic E-state index is 0.737. The van der Waals surface area contributed by atoms with Gasteiger partial charge in [-0.2, -0.15) is 0 Å². The minimum Gasteiger partial charge on any atom is -0.356 e. The van der Waals surface area contributed by atoms with Crippen molar-refractivity contribution in [3.8, 4) is 0 Å². The van der Waals surface area contributed by atoms with Gasteiger partial charge in [0.25, 0.3) is 0 Å². The van der Waals surface area contributed by atoms with Gasteiger partial charge in [-0.05, 0) is 51.6 Å². The zero-order valence-electron chi connectivity index (χ0n) is 10.5. The van der Waals surface area contributed by atoms with Crippen LogP contribution in [0.4, 0.5) is 5.82 Å². The van der Waals surface area contributed by atoms with Crippen LogP contribution in [0.2, 0.25) is 0 Å². The summed E-state index contributed by atoms with van der Waals surface area (Å²) in [6.45, 7) is 4.37. The molecule has 0 amide bonds. The summed E-state index contributed by atoms with van der Waals surface area (Å²) in [6, 6.07) is 4.97. The molecule has 3 heteroatoms. The Labute approximate surface area is 98.1 Å². The van der Waals surface area contributed by atoms with Crippen LogP contribution in [0.1, 0.15) is 18.4 Å². The van der Waals surface area contributed by atoms with E-state index in [0.717, 1.165) is 24.9 Å². The molecule has 2 rings (SSSR count). The van der Waals surface area contributed by atoms with Crippen molar-refractivity contribution >= 4 is 5.82 Å². The molecule has 0 radical (unpaired) electrons. The fourth-order valence-corrected chi connectivity index (χ4v) is 2.30. The van der Waals surface area contributed by atoms with Crippen molar-refractivity contribution in [2.24, 2.45) is 0 Å². The minimum atomic E-state index is 0.737. The van der Waals surface area contributed by atoms with E-state index in [0.29, 0.717) is 0 Å². The highest BCUT2D eigenvalue weighted by molar-refractivity contribution is 5.41. The van der Waals surface area contributed by atoms with Crippen LogP contribution in [-0.2, 0) is 0 Å². The van der Waals surface area contributed by atoms with Crippen molar-refractivity contribution in [2.45, 2.75) is 25.8 Å². The molecule has 1 aromatic heterocycles. The number of anilines is 1. The number of aromatic nitrogens is 1. The smallest absolute Gasteiger partial charge is 0.128 e. The molecule has 1 saturated heterocycles. The second-order valence-electron chi connectivity index (χ2n) is 4.87. The predicted molar refractivity (Wildman–Crippen MR) is 67.9 cm³/mol. The molecule has 0 saturated carbocycles. The predicted octanol–water partition coefficient (Wildman–Crippen LogP) is 1.92. The van der Waals surface area contributed by atoms with Gasteiger partial charge in [0, 0.05) is 25.3 Å². The first-order valence-corrected chi connectivity index (χ1v) is 6.01. The van der Waals surface area contributed by atoms with Crippen molar-refractivity contribution in [1.82, 2.24) is 9.88 Å². The van der Waals surface area contributed by atoms with Gasteiger partial charge in [0.05, 0.1) is 0 Å². The fourth-order valence-electron chi connectivity index (χ4n) is 2.30. The Morgan fingerprint density at radius 2 is 2.00 bits per heavy atom. The van der Waals surface area contributed by atoms with Crippen molar-refractivity contribution in [1.29, 1.82) is 0 Å². The monoisotopic (exact) mass is 219 g/mol. The van der Waals surface area contributed by atoms with Gasteiger partial charge in [0.2, 0.25) is 0 Å². The summed E-state index contributed by atoms with van der Waals surface area (Å²) >= 11 is 0. The Hall–Kier alpha value is -1.09. The van der Waals surface area contributed by atoms with Gasteiger partial charge in [0.15, 0.2) is 0 Å². The number of rotatable bonds is 2. The van der Waals surface area contributed by atoms with Gasteiger partial charge in [0.1, 0.15) is 5.82 Å². The highest BCUT2D eigenvalue weighted by Crippen LogP contribution is 2.20. The molecule has 88 valence electrons. The van der Waals surface area contributed by atoms with Gasteiger partial charge >= 0.3 is 0 Å². The zero-order valence-corrected chi connectivity index (χ0v) is 10.5. The lowest BCUT2D eigenvalue weighted by Gasteiger charge is -2.35. The summed E-state index contributed by atoms with van der Waals surface area (Å²) in [5, 5.41) is 0. The maximum atomic E-state index is 4.45. The van der Waals surface area contributed by atoms with Crippen LogP contribution in [0, 0.1) is 6.92 Å². The molecule has 1 aliphatic heterocycles. The van der Waals surface area contributed by atoms with Crippen LogP contribution >= 0.6 is 0 Å². The molecule has 0 N–H and O–H groups in total. The molecule has 2 heterocycles. The molecule has 1 aromatic rings. The molecular weight excluding hydrogens is 198 g/mol. The SMILES string of the molecule is Cc1ccnc(N2CCC(N(C)C)CC2)c1. The third-order valence-corrected chi connectivity index (χ3v) is 3.42. The number of hydrogen-bond acceptors (Lipinski definition) is 3. The summed E-state index contributed by atoms with van der Waals surface area (Å²) in [5.74, 6) is 1.14. The van der Waals surface area contributed by atoms with Gasteiger partial charge < -0.3 is 9.80 Å². The molecule has 0 aromatic carbocycles. The van der Waals surface area contributed by atoms with Gasteiger partial charge in [-0.15, -0.1) is 0 Å². The second kappa shape index (κ2) is 4.83. The van der Waals surface area contributed by atoms with Crippen LogP contribution in [0.15, 0.2) is 18.3 Å². The molecule has 16 heavy (non-hydrogen) atoms. The van der Waals surface area contributed by atoms with Crippen molar-refractivity contribution in [3.63, 3.8) is 0 Å². The van der Waals surface area contributed by atoms with Crippen LogP contribution in [0.3, 0.4) is 0 Å². The Morgan fingerprint density at radius 1 is 1.31 bits per heavy atom. The van der Waals surface area contributed by atoms with E-state index in [-0.39, 0.29) is 0 Å². The third kappa shape index (κ3) is 2.53. The molecule has 0 bridgehead atoms. The molecular formula is C13H21N3. The van der Waals surface area contributed by atoms with Crippen molar-refractivity contribution in [3.05, 3.63) is 23.9 Å². The molecule has 3 nitrogen and oxygen atoms in total. The average Bonchev–Trinajstić information content (AvgIpc) is 2.29. The molecule has 1 aliphatic rings. The van der Waals surface area contributed by atoms with Crippen molar-refractivity contribution in [2.75, 3.05) is 32.1 Å². The van der Waals surface area contributed by atoms with Crippen LogP contribution in [0.5, 0.6) is 0 Å². The van der Waals surface area contributed by atoms with E-state index in [2.05, 4.69) is 47.9 Å². The van der Waals surface area contributed by atoms with Crippen LogP contribution in [-0.4, -0.2) is 43.1 Å². The van der Waals surface area contributed by atoms with E-state index in [1.54, 1.807) is 0 Å². The Bertz CT molecular complexity index is 341. The number of hydrogen-bond donors (Lipinski definition) is 0. The number of pyridine rings is 1. The first-order valence-electron chi connectivity index (χ1n) is 6.01. The fraction of sp³-hybridized carbons (Fsp3) is 0.615. The Morgan fingerprint density at radius 3 is 2.56 bits per heavy atom. The van der Waals surface area contributed by atoms with Gasteiger partial charge in [-0.25, -0.2) is 4.98 Å². The summed E-state index contributed by atoms with van der Waals surface area (Å²) in [4.78, 5) is 9.18. The van der Waals surface area contributed by atoms with Gasteiger partial charge in [-0.3, -0.25) is 0 Å². The average molecular weight is 219 g/mol. The second-order valence-corrected chi connectivity index (χ2v) is 4.87. The highest BCUT2D eigenvalue weighted by atomic mass is 15.2. The van der Waals surface area contributed by atoms with Crippen LogP contribution < -0.4 is 4.90 Å². The van der Waals surface area contributed by atoms with E-state index in [9.17, 15) is 0 Å². The first-order chi connectivity index (χ1) is 7.66. The maximum absolute atomic E-state index is 4.45. The number of piperidine rings is 1. The molecule has 0 spiro atoms. The molecule has 0 atom stereocenters. The van der Waals surface area contributed by atoms with E-state index in [1.807, 2.05) is 6.20 Å². The molecule has 0 unspecified atom stereocenters. The third-order valence-electron chi connectivity index (χ3n) is 3.42. The topological polar surface area (TPSA) is 19.4 Å². The standard InChI is InChI=1S/C13H21N3/c1-11-4-7-14-13(10-11)16-8-5-12(6-9-16)15(2)3/h4,7,10,12H,5-6,8-9H2,1-3H3. The largest absolute Gasteiger partial charge is 0.356 e. The molecule has 0 aliphatic carbocycles. The van der Waals surface area contributed by atoms with Gasteiger partial charge in [-0.1, -0.05) is 0 Å². The molecule has 1 fully saturated rings. The number of aryl methyl sites for hydroxylation is 1. The summed E-state index contributed by atoms with van der Waals surface area (Å²) in [6.07, 6.45) is 4.38. The van der Waals surface area contributed by atoms with E-state index >= 15 is 0 Å². The normalized spacial score (nSPS) is 18.1. The first kappa shape index (κ1) is 11.4. The Kier molecular flexibility index (Phi) is 3.44. The zero-order chi connectivity index (χ0) is 11.5. The van der Waals surface area contributed by atoms with Crippen LogP contribution in [0.25, 0.3) is 0 Å².